The minimum absolute atomic E-state index is 0.0433. The van der Waals surface area contributed by atoms with Gasteiger partial charge in [0, 0.05) is 25.4 Å². The number of fused-ring (bicyclic) bond motifs is 3. The van der Waals surface area contributed by atoms with Crippen LogP contribution in [-0.4, -0.2) is 41.8 Å². The Morgan fingerprint density at radius 1 is 1.25 bits per heavy atom. The summed E-state index contributed by atoms with van der Waals surface area (Å²) in [6.45, 7) is 3.16. The third-order valence-corrected chi connectivity index (χ3v) is 7.25. The van der Waals surface area contributed by atoms with Crippen LogP contribution < -0.4 is 0 Å². The van der Waals surface area contributed by atoms with Crippen LogP contribution in [0.1, 0.15) is 45.4 Å². The number of carboxylic acids is 1. The quantitative estimate of drug-likeness (QED) is 0.758. The summed E-state index contributed by atoms with van der Waals surface area (Å²) in [4.78, 5) is 11.8. The van der Waals surface area contributed by atoms with Gasteiger partial charge < -0.3 is 19.7 Å². The van der Waals surface area contributed by atoms with Crippen molar-refractivity contribution in [2.45, 2.75) is 51.2 Å². The molecule has 24 heavy (non-hydrogen) atoms. The summed E-state index contributed by atoms with van der Waals surface area (Å²) >= 11 is 0. The Balaban J connectivity index is 1.59. The van der Waals surface area contributed by atoms with E-state index in [-0.39, 0.29) is 24.2 Å². The topological polar surface area (TPSA) is 76.0 Å². The van der Waals surface area contributed by atoms with E-state index in [9.17, 15) is 15.0 Å². The predicted molar refractivity (Wildman–Crippen MR) is 87.2 cm³/mol. The zero-order valence-corrected chi connectivity index (χ0v) is 14.4. The summed E-state index contributed by atoms with van der Waals surface area (Å²) in [5, 5.41) is 19.6. The van der Waals surface area contributed by atoms with Gasteiger partial charge in [-0.1, -0.05) is 11.6 Å². The van der Waals surface area contributed by atoms with Crippen LogP contribution in [0.2, 0.25) is 0 Å². The molecule has 3 aliphatic carbocycles. The van der Waals surface area contributed by atoms with Crippen LogP contribution in [0.3, 0.4) is 0 Å². The van der Waals surface area contributed by atoms with Crippen LogP contribution in [0.25, 0.3) is 0 Å². The van der Waals surface area contributed by atoms with E-state index < -0.39 is 11.4 Å². The molecule has 2 N–H and O–H groups in total. The maximum absolute atomic E-state index is 11.8. The number of hydrogen-bond donors (Lipinski definition) is 2. The van der Waals surface area contributed by atoms with E-state index >= 15 is 0 Å². The second kappa shape index (κ2) is 5.82. The molecular weight excluding hydrogens is 308 g/mol. The number of aliphatic hydroxyl groups is 1. The van der Waals surface area contributed by atoms with E-state index in [1.807, 2.05) is 0 Å². The molecule has 0 bridgehead atoms. The van der Waals surface area contributed by atoms with Gasteiger partial charge in [0.25, 0.3) is 0 Å². The molecule has 0 amide bonds. The number of rotatable bonds is 2. The fourth-order valence-electron chi connectivity index (χ4n) is 5.83. The van der Waals surface area contributed by atoms with E-state index in [0.29, 0.717) is 31.5 Å². The molecular formula is C19H28O5. The van der Waals surface area contributed by atoms with Crippen molar-refractivity contribution < 1.29 is 24.5 Å². The molecule has 0 aromatic rings. The summed E-state index contributed by atoms with van der Waals surface area (Å²) < 4.78 is 11.8. The average molecular weight is 336 g/mol. The van der Waals surface area contributed by atoms with E-state index in [4.69, 9.17) is 9.47 Å². The lowest BCUT2D eigenvalue weighted by Gasteiger charge is -2.52. The van der Waals surface area contributed by atoms with Gasteiger partial charge in [0.05, 0.1) is 18.6 Å². The van der Waals surface area contributed by atoms with Crippen LogP contribution in [-0.2, 0) is 14.3 Å². The molecule has 1 aliphatic heterocycles. The lowest BCUT2D eigenvalue weighted by atomic mass is 9.54. The summed E-state index contributed by atoms with van der Waals surface area (Å²) in [6.07, 6.45) is 7.70. The number of allylic oxidation sites excluding steroid dienone is 2. The van der Waals surface area contributed by atoms with Gasteiger partial charge in [-0.3, -0.25) is 4.79 Å². The lowest BCUT2D eigenvalue weighted by molar-refractivity contribution is -0.196. The molecule has 4 aliphatic rings. The average Bonchev–Trinajstić information content (AvgIpc) is 3.01. The molecule has 0 aromatic carbocycles. The van der Waals surface area contributed by atoms with Crippen LogP contribution in [0.5, 0.6) is 0 Å². The molecule has 1 saturated heterocycles. The Morgan fingerprint density at radius 2 is 2.00 bits per heavy atom. The van der Waals surface area contributed by atoms with Gasteiger partial charge in [-0.25, -0.2) is 0 Å². The molecule has 1 heterocycles. The van der Waals surface area contributed by atoms with Gasteiger partial charge in [0.1, 0.15) is 0 Å². The number of aliphatic carboxylic acids is 1. The molecule has 1 spiro atoms. The van der Waals surface area contributed by atoms with E-state index in [0.717, 1.165) is 32.1 Å². The summed E-state index contributed by atoms with van der Waals surface area (Å²) in [7, 11) is 0. The molecule has 2 saturated carbocycles. The summed E-state index contributed by atoms with van der Waals surface area (Å²) in [6, 6.07) is 0. The molecule has 3 fully saturated rings. The van der Waals surface area contributed by atoms with Crippen LogP contribution in [0.4, 0.5) is 0 Å². The van der Waals surface area contributed by atoms with Gasteiger partial charge in [-0.15, -0.1) is 0 Å². The Hall–Kier alpha value is -0.910. The number of hydrogen-bond acceptors (Lipinski definition) is 4. The van der Waals surface area contributed by atoms with E-state index in [1.165, 1.54) is 5.57 Å². The molecule has 5 atom stereocenters. The van der Waals surface area contributed by atoms with Crippen molar-refractivity contribution in [3.05, 3.63) is 11.6 Å². The van der Waals surface area contributed by atoms with Crippen LogP contribution in [0.15, 0.2) is 11.6 Å². The zero-order chi connectivity index (χ0) is 16.9. The Kier molecular flexibility index (Phi) is 4.01. The van der Waals surface area contributed by atoms with Gasteiger partial charge >= 0.3 is 5.97 Å². The smallest absolute Gasteiger partial charge is 0.310 e. The van der Waals surface area contributed by atoms with Crippen molar-refractivity contribution >= 4 is 5.97 Å². The monoisotopic (exact) mass is 336 g/mol. The maximum Gasteiger partial charge on any atom is 0.310 e. The molecule has 4 unspecified atom stereocenters. The Morgan fingerprint density at radius 3 is 2.67 bits per heavy atom. The normalized spacial score (nSPS) is 43.8. The van der Waals surface area contributed by atoms with Gasteiger partial charge in [0.2, 0.25) is 0 Å². The molecule has 4 rings (SSSR count). The van der Waals surface area contributed by atoms with Crippen molar-refractivity contribution in [3.63, 3.8) is 0 Å². The number of ether oxygens (including phenoxy) is 2. The van der Waals surface area contributed by atoms with Crippen molar-refractivity contribution in [3.8, 4) is 0 Å². The third kappa shape index (κ3) is 2.36. The maximum atomic E-state index is 11.8. The lowest BCUT2D eigenvalue weighted by Crippen LogP contribution is -2.50. The fourth-order valence-corrected chi connectivity index (χ4v) is 5.83. The first-order valence-electron chi connectivity index (χ1n) is 9.31. The van der Waals surface area contributed by atoms with Crippen molar-refractivity contribution in [1.82, 2.24) is 0 Å². The first-order valence-corrected chi connectivity index (χ1v) is 9.31. The second-order valence-corrected chi connectivity index (χ2v) is 8.32. The van der Waals surface area contributed by atoms with Gasteiger partial charge in [-0.05, 0) is 50.4 Å². The fraction of sp³-hybridized carbons (Fsp3) is 0.842. The highest BCUT2D eigenvalue weighted by Gasteiger charge is 2.54. The number of carbonyl (C=O) groups is 1. The first kappa shape index (κ1) is 16.6. The van der Waals surface area contributed by atoms with Gasteiger partial charge in [0.15, 0.2) is 5.79 Å². The SMILES string of the molecule is CC1(C(=O)O)CC=C2C3CCC4(CC3CCC2[C@@H]1CO)OCCO4. The van der Waals surface area contributed by atoms with Crippen molar-refractivity contribution in [1.29, 1.82) is 0 Å². The number of aliphatic hydroxyl groups excluding tert-OH is 1. The minimum atomic E-state index is -0.844. The minimum Gasteiger partial charge on any atom is -0.481 e. The molecule has 0 radical (unpaired) electrons. The molecule has 5 heteroatoms. The van der Waals surface area contributed by atoms with Crippen molar-refractivity contribution in [2.24, 2.45) is 29.1 Å². The highest BCUT2D eigenvalue weighted by molar-refractivity contribution is 5.75. The molecule has 0 aromatic heterocycles. The summed E-state index contributed by atoms with van der Waals surface area (Å²) in [5.74, 6) is -0.0250. The van der Waals surface area contributed by atoms with E-state index in [1.54, 1.807) is 6.92 Å². The summed E-state index contributed by atoms with van der Waals surface area (Å²) in [5.41, 5.74) is 0.570. The van der Waals surface area contributed by atoms with E-state index in [2.05, 4.69) is 6.08 Å². The predicted octanol–water partition coefficient (Wildman–Crippen LogP) is 2.59. The zero-order valence-electron chi connectivity index (χ0n) is 14.4. The largest absolute Gasteiger partial charge is 0.481 e. The van der Waals surface area contributed by atoms with Gasteiger partial charge in [-0.2, -0.15) is 0 Å². The second-order valence-electron chi connectivity index (χ2n) is 8.32. The Bertz CT molecular complexity index is 550. The van der Waals surface area contributed by atoms with Crippen molar-refractivity contribution in [2.75, 3.05) is 19.8 Å². The standard InChI is InChI=1S/C19H28O5/c1-18(17(21)22)6-4-14-13-5-7-19(23-8-9-24-19)10-12(13)2-3-15(14)16(18)11-20/h4,12-13,15-16,20H,2-3,5-11H2,1H3,(H,21,22)/t12?,13?,15?,16-,18?/m0/s1. The molecule has 134 valence electrons. The highest BCUT2D eigenvalue weighted by atomic mass is 16.7. The Labute approximate surface area is 143 Å². The third-order valence-electron chi connectivity index (χ3n) is 7.25. The molecule has 5 nitrogen and oxygen atoms in total. The highest BCUT2D eigenvalue weighted by Crippen LogP contribution is 2.57. The number of carboxylic acid groups (broad SMARTS) is 1. The van der Waals surface area contributed by atoms with Crippen LogP contribution in [0, 0.1) is 29.1 Å². The first-order chi connectivity index (χ1) is 11.5. The van der Waals surface area contributed by atoms with Crippen LogP contribution >= 0.6 is 0 Å².